The summed E-state index contributed by atoms with van der Waals surface area (Å²) >= 11 is 0.596. The van der Waals surface area contributed by atoms with Gasteiger partial charge in [0.25, 0.3) is 0 Å². The number of hydrogen-bond acceptors (Lipinski definition) is 5. The fourth-order valence-electron chi connectivity index (χ4n) is 0.945. The van der Waals surface area contributed by atoms with Crippen molar-refractivity contribution < 1.29 is 14.7 Å². The van der Waals surface area contributed by atoms with E-state index in [1.54, 1.807) is 6.92 Å². The number of carbonyl (C=O) groups is 2. The summed E-state index contributed by atoms with van der Waals surface area (Å²) in [5.74, 6) is -1.56. The maximum atomic E-state index is 11.1. The van der Waals surface area contributed by atoms with E-state index in [4.69, 9.17) is 5.11 Å². The molecule has 1 unspecified atom stereocenters. The van der Waals surface area contributed by atoms with Crippen LogP contribution in [-0.4, -0.2) is 27.8 Å². The molecule has 0 rings (SSSR count). The van der Waals surface area contributed by atoms with Crippen LogP contribution in [0, 0.1) is 4.91 Å². The molecule has 0 radical (unpaired) electrons. The molecular weight excluding hydrogens is 220 g/mol. The molecule has 0 heterocycles. The first kappa shape index (κ1) is 13.9. The number of nitrogens with zero attached hydrogens (tertiary/aromatic N) is 1. The number of carboxylic acid groups (broad SMARTS) is 1. The van der Waals surface area contributed by atoms with E-state index in [0.29, 0.717) is 11.9 Å². The lowest BCUT2D eigenvalue weighted by Crippen LogP contribution is -2.52. The van der Waals surface area contributed by atoms with Gasteiger partial charge in [-0.15, -0.1) is 4.91 Å². The number of carbonyl (C=O) groups excluding carboxylic acids is 1. The van der Waals surface area contributed by atoms with E-state index in [1.807, 2.05) is 0 Å². The number of amides is 1. The molecule has 1 atom stereocenters. The molecule has 1 amide bonds. The van der Waals surface area contributed by atoms with Gasteiger partial charge in [-0.25, -0.2) is 4.79 Å². The molecule has 15 heavy (non-hydrogen) atoms. The lowest BCUT2D eigenvalue weighted by Gasteiger charge is -2.27. The first-order chi connectivity index (χ1) is 6.85. The largest absolute Gasteiger partial charge is 0.480 e. The normalized spacial score (nSPS) is 13.0. The molecule has 0 aromatic carbocycles. The van der Waals surface area contributed by atoms with Gasteiger partial charge in [-0.2, -0.15) is 0 Å². The van der Waals surface area contributed by atoms with Crippen LogP contribution in [0.4, 0.5) is 0 Å². The van der Waals surface area contributed by atoms with E-state index < -0.39 is 16.8 Å². The average molecular weight is 234 g/mol. The number of carboxylic acids is 1. The van der Waals surface area contributed by atoms with Gasteiger partial charge in [-0.3, -0.25) is 4.79 Å². The van der Waals surface area contributed by atoms with Crippen LogP contribution in [0.15, 0.2) is 4.58 Å². The van der Waals surface area contributed by atoms with Gasteiger partial charge in [0.05, 0.1) is 4.75 Å². The van der Waals surface area contributed by atoms with E-state index in [1.165, 1.54) is 13.8 Å². The van der Waals surface area contributed by atoms with Crippen LogP contribution in [0.25, 0.3) is 0 Å². The first-order valence-electron chi connectivity index (χ1n) is 4.38. The zero-order chi connectivity index (χ0) is 12.1. The quantitative estimate of drug-likeness (QED) is 0.531. The Hall–Kier alpha value is -1.11. The van der Waals surface area contributed by atoms with Crippen LogP contribution in [0.1, 0.15) is 27.2 Å². The summed E-state index contributed by atoms with van der Waals surface area (Å²) in [6.45, 7) is 4.69. The predicted molar refractivity (Wildman–Crippen MR) is 57.3 cm³/mol. The summed E-state index contributed by atoms with van der Waals surface area (Å²) in [6.07, 6.45) is 0.193. The molecule has 86 valence electrons. The minimum atomic E-state index is -1.18. The van der Waals surface area contributed by atoms with Crippen molar-refractivity contribution >= 4 is 23.8 Å². The molecule has 2 N–H and O–H groups in total. The minimum Gasteiger partial charge on any atom is -0.480 e. The molecule has 0 aromatic rings. The fraction of sp³-hybridized carbons (Fsp3) is 0.750. The Kier molecular flexibility index (Phi) is 5.27. The molecule has 0 spiro atoms. The van der Waals surface area contributed by atoms with E-state index >= 15 is 0 Å². The molecule has 0 fully saturated rings. The topological polar surface area (TPSA) is 95.8 Å². The minimum absolute atomic E-state index is 0.193. The van der Waals surface area contributed by atoms with Crippen molar-refractivity contribution in [1.82, 2.24) is 5.32 Å². The Morgan fingerprint density at radius 1 is 1.53 bits per heavy atom. The van der Waals surface area contributed by atoms with Crippen molar-refractivity contribution in [2.24, 2.45) is 4.58 Å². The molecule has 6 nitrogen and oxygen atoms in total. The standard InChI is InChI=1S/C8H14N2O4S/c1-4-5(11)9-6(7(12)13)8(2,3)15-10-14/h6H,4H2,1-3H3,(H,9,11)(H,12,13). The first-order valence-corrected chi connectivity index (χ1v) is 5.15. The fourth-order valence-corrected chi connectivity index (χ4v) is 1.40. The zero-order valence-corrected chi connectivity index (χ0v) is 9.63. The van der Waals surface area contributed by atoms with E-state index in [-0.39, 0.29) is 12.3 Å². The van der Waals surface area contributed by atoms with E-state index in [2.05, 4.69) is 9.90 Å². The number of rotatable bonds is 6. The summed E-state index contributed by atoms with van der Waals surface area (Å²) in [6, 6.07) is -1.13. The van der Waals surface area contributed by atoms with Crippen LogP contribution >= 0.6 is 11.9 Å². The van der Waals surface area contributed by atoms with Gasteiger partial charge in [0.2, 0.25) is 5.91 Å². The van der Waals surface area contributed by atoms with Crippen molar-refractivity contribution in [3.8, 4) is 0 Å². The average Bonchev–Trinajstić information content (AvgIpc) is 2.12. The van der Waals surface area contributed by atoms with Crippen LogP contribution in [0.3, 0.4) is 0 Å². The second-order valence-corrected chi connectivity index (χ2v) is 4.85. The third-order valence-electron chi connectivity index (χ3n) is 1.84. The van der Waals surface area contributed by atoms with Crippen LogP contribution < -0.4 is 5.32 Å². The van der Waals surface area contributed by atoms with Gasteiger partial charge in [-0.1, -0.05) is 6.92 Å². The highest BCUT2D eigenvalue weighted by atomic mass is 32.2. The Bertz CT molecular complexity index is 267. The Labute approximate surface area is 91.9 Å². The molecule has 0 aliphatic rings. The van der Waals surface area contributed by atoms with Gasteiger partial charge in [0.15, 0.2) is 0 Å². The van der Waals surface area contributed by atoms with Crippen LogP contribution in [-0.2, 0) is 9.59 Å². The highest BCUT2D eigenvalue weighted by molar-refractivity contribution is 7.99. The lowest BCUT2D eigenvalue weighted by molar-refractivity contribution is -0.142. The van der Waals surface area contributed by atoms with Crippen molar-refractivity contribution in [2.75, 3.05) is 0 Å². The van der Waals surface area contributed by atoms with Gasteiger partial charge >= 0.3 is 5.97 Å². The van der Waals surface area contributed by atoms with E-state index in [9.17, 15) is 14.5 Å². The Balaban J connectivity index is 4.72. The van der Waals surface area contributed by atoms with Crippen LogP contribution in [0.2, 0.25) is 0 Å². The van der Waals surface area contributed by atoms with Gasteiger partial charge in [0, 0.05) is 23.0 Å². The second-order valence-electron chi connectivity index (χ2n) is 3.46. The number of nitroso groups, excluding NO2 is 1. The van der Waals surface area contributed by atoms with Crippen molar-refractivity contribution in [3.05, 3.63) is 4.91 Å². The molecule has 0 aliphatic heterocycles. The molecule has 0 saturated carbocycles. The Morgan fingerprint density at radius 3 is 2.40 bits per heavy atom. The van der Waals surface area contributed by atoms with Gasteiger partial charge in [0.1, 0.15) is 6.04 Å². The third kappa shape index (κ3) is 4.28. The summed E-state index contributed by atoms with van der Waals surface area (Å²) in [5, 5.41) is 11.2. The molecule has 0 aromatic heterocycles. The molecule has 0 aliphatic carbocycles. The molecule has 0 bridgehead atoms. The van der Waals surface area contributed by atoms with Crippen molar-refractivity contribution in [2.45, 2.75) is 38.0 Å². The maximum absolute atomic E-state index is 11.1. The molecular formula is C8H14N2O4S. The SMILES string of the molecule is CCC(=O)NC(C(=O)O)C(C)(C)SN=O. The predicted octanol–water partition coefficient (Wildman–Crippen LogP) is 1.16. The summed E-state index contributed by atoms with van der Waals surface area (Å²) in [4.78, 5) is 32.1. The second kappa shape index (κ2) is 5.69. The van der Waals surface area contributed by atoms with Crippen LogP contribution in [0.5, 0.6) is 0 Å². The zero-order valence-electron chi connectivity index (χ0n) is 8.81. The van der Waals surface area contributed by atoms with E-state index in [0.717, 1.165) is 0 Å². The van der Waals surface area contributed by atoms with Gasteiger partial charge in [-0.05, 0) is 13.8 Å². The number of aliphatic carboxylic acids is 1. The summed E-state index contributed by atoms with van der Waals surface area (Å²) in [7, 11) is 0. The maximum Gasteiger partial charge on any atom is 0.327 e. The Morgan fingerprint density at radius 2 is 2.07 bits per heavy atom. The highest BCUT2D eigenvalue weighted by Crippen LogP contribution is 2.29. The summed E-state index contributed by atoms with van der Waals surface area (Å²) in [5.41, 5.74) is 0. The lowest BCUT2D eigenvalue weighted by atomic mass is 10.0. The van der Waals surface area contributed by atoms with Crippen molar-refractivity contribution in [1.29, 1.82) is 0 Å². The smallest absolute Gasteiger partial charge is 0.327 e. The summed E-state index contributed by atoms with van der Waals surface area (Å²) < 4.78 is 1.62. The van der Waals surface area contributed by atoms with Gasteiger partial charge < -0.3 is 10.4 Å². The molecule has 7 heteroatoms. The monoisotopic (exact) mass is 234 g/mol. The van der Waals surface area contributed by atoms with Crippen molar-refractivity contribution in [3.63, 3.8) is 0 Å². The number of nitrogens with one attached hydrogen (secondary N) is 1. The number of hydrogen-bond donors (Lipinski definition) is 2. The molecule has 0 saturated heterocycles. The third-order valence-corrected chi connectivity index (χ3v) is 2.62. The highest BCUT2D eigenvalue weighted by Gasteiger charge is 2.37.